The van der Waals surface area contributed by atoms with Crippen LogP contribution in [0.4, 0.5) is 5.69 Å². The topological polar surface area (TPSA) is 23.5 Å². The quantitative estimate of drug-likeness (QED) is 0.812. The van der Waals surface area contributed by atoms with Crippen LogP contribution in [0, 0.1) is 0 Å². The zero-order chi connectivity index (χ0) is 12.3. The number of anilines is 1. The first-order valence-corrected chi connectivity index (χ1v) is 6.81. The van der Waals surface area contributed by atoms with E-state index in [0.717, 1.165) is 24.6 Å². The van der Waals surface area contributed by atoms with Crippen LogP contribution in [0.3, 0.4) is 0 Å². The number of aliphatic hydroxyl groups is 1. The highest BCUT2D eigenvalue weighted by molar-refractivity contribution is 5.50. The standard InChI is InChI=1S/C15H23NO/c1-3-11-16(14-9-10-14)13-7-5-12(6-8-13)15(17)4-2/h5-8,14-15,17H,3-4,9-11H2,1-2H3/t15-/m0/s1. The van der Waals surface area contributed by atoms with Crippen molar-refractivity contribution in [3.05, 3.63) is 29.8 Å². The summed E-state index contributed by atoms with van der Waals surface area (Å²) in [6.07, 6.45) is 4.32. The van der Waals surface area contributed by atoms with Crippen LogP contribution in [-0.2, 0) is 0 Å². The molecule has 0 spiro atoms. The largest absolute Gasteiger partial charge is 0.388 e. The van der Waals surface area contributed by atoms with Gasteiger partial charge in [-0.2, -0.15) is 0 Å². The van der Waals surface area contributed by atoms with Crippen LogP contribution in [0.15, 0.2) is 24.3 Å². The van der Waals surface area contributed by atoms with Crippen LogP contribution in [0.2, 0.25) is 0 Å². The molecule has 1 aromatic rings. The summed E-state index contributed by atoms with van der Waals surface area (Å²) in [4.78, 5) is 2.50. The minimum Gasteiger partial charge on any atom is -0.388 e. The summed E-state index contributed by atoms with van der Waals surface area (Å²) in [5.74, 6) is 0. The lowest BCUT2D eigenvalue weighted by Gasteiger charge is -2.24. The van der Waals surface area contributed by atoms with Crippen molar-refractivity contribution in [3.8, 4) is 0 Å². The van der Waals surface area contributed by atoms with Gasteiger partial charge in [0.25, 0.3) is 0 Å². The highest BCUT2D eigenvalue weighted by Gasteiger charge is 2.28. The first kappa shape index (κ1) is 12.4. The lowest BCUT2D eigenvalue weighted by Crippen LogP contribution is -2.26. The average Bonchev–Trinajstić information content (AvgIpc) is 3.19. The molecular formula is C15H23NO. The van der Waals surface area contributed by atoms with Crippen molar-refractivity contribution >= 4 is 5.69 Å². The van der Waals surface area contributed by atoms with Crippen molar-refractivity contribution in [3.63, 3.8) is 0 Å². The van der Waals surface area contributed by atoms with Gasteiger partial charge in [-0.3, -0.25) is 0 Å². The predicted octanol–water partition coefficient (Wildman–Crippen LogP) is 3.51. The van der Waals surface area contributed by atoms with E-state index in [1.165, 1.54) is 24.9 Å². The van der Waals surface area contributed by atoms with Crippen molar-refractivity contribution in [2.45, 2.75) is 51.7 Å². The molecule has 0 saturated heterocycles. The normalized spacial score (nSPS) is 16.9. The molecule has 1 N–H and O–H groups in total. The van der Waals surface area contributed by atoms with E-state index in [0.29, 0.717) is 0 Å². The van der Waals surface area contributed by atoms with Gasteiger partial charge in [0.05, 0.1) is 6.10 Å². The van der Waals surface area contributed by atoms with Crippen molar-refractivity contribution in [1.82, 2.24) is 0 Å². The van der Waals surface area contributed by atoms with Crippen LogP contribution in [0.1, 0.15) is 51.2 Å². The molecule has 17 heavy (non-hydrogen) atoms. The van der Waals surface area contributed by atoms with Gasteiger partial charge in [-0.05, 0) is 43.4 Å². The third-order valence-electron chi connectivity index (χ3n) is 3.45. The van der Waals surface area contributed by atoms with Gasteiger partial charge in [0, 0.05) is 18.3 Å². The molecule has 1 fully saturated rings. The Morgan fingerprint density at radius 3 is 2.35 bits per heavy atom. The second kappa shape index (κ2) is 5.54. The molecule has 2 nitrogen and oxygen atoms in total. The van der Waals surface area contributed by atoms with E-state index in [-0.39, 0.29) is 6.10 Å². The summed E-state index contributed by atoms with van der Waals surface area (Å²) in [5, 5.41) is 9.77. The number of hydrogen-bond donors (Lipinski definition) is 1. The van der Waals surface area contributed by atoms with Crippen LogP contribution < -0.4 is 4.90 Å². The summed E-state index contributed by atoms with van der Waals surface area (Å²) in [5.41, 5.74) is 2.34. The van der Waals surface area contributed by atoms with Crippen LogP contribution in [0.5, 0.6) is 0 Å². The molecule has 0 bridgehead atoms. The average molecular weight is 233 g/mol. The summed E-state index contributed by atoms with van der Waals surface area (Å²) >= 11 is 0. The minimum atomic E-state index is -0.315. The number of aliphatic hydroxyl groups excluding tert-OH is 1. The summed E-state index contributed by atoms with van der Waals surface area (Å²) in [6.45, 7) is 5.37. The van der Waals surface area contributed by atoms with Gasteiger partial charge in [-0.1, -0.05) is 26.0 Å². The van der Waals surface area contributed by atoms with Crippen LogP contribution >= 0.6 is 0 Å². The molecular weight excluding hydrogens is 210 g/mol. The fourth-order valence-corrected chi connectivity index (χ4v) is 2.27. The second-order valence-electron chi connectivity index (χ2n) is 4.94. The molecule has 0 unspecified atom stereocenters. The molecule has 0 radical (unpaired) electrons. The van der Waals surface area contributed by atoms with Gasteiger partial charge in [0.1, 0.15) is 0 Å². The molecule has 0 heterocycles. The van der Waals surface area contributed by atoms with Gasteiger partial charge >= 0.3 is 0 Å². The fourth-order valence-electron chi connectivity index (χ4n) is 2.27. The Balaban J connectivity index is 2.09. The minimum absolute atomic E-state index is 0.315. The molecule has 0 aliphatic heterocycles. The summed E-state index contributed by atoms with van der Waals surface area (Å²) in [6, 6.07) is 9.20. The maximum Gasteiger partial charge on any atom is 0.0787 e. The Morgan fingerprint density at radius 1 is 1.24 bits per heavy atom. The number of hydrogen-bond acceptors (Lipinski definition) is 2. The fraction of sp³-hybridized carbons (Fsp3) is 0.600. The van der Waals surface area contributed by atoms with Crippen molar-refractivity contribution in [2.24, 2.45) is 0 Å². The van der Waals surface area contributed by atoms with Gasteiger partial charge in [0.15, 0.2) is 0 Å². The Hall–Kier alpha value is -1.02. The van der Waals surface area contributed by atoms with Crippen molar-refractivity contribution in [2.75, 3.05) is 11.4 Å². The summed E-state index contributed by atoms with van der Waals surface area (Å²) < 4.78 is 0. The van der Waals surface area contributed by atoms with Crippen LogP contribution in [-0.4, -0.2) is 17.7 Å². The molecule has 1 saturated carbocycles. The van der Waals surface area contributed by atoms with Gasteiger partial charge < -0.3 is 10.0 Å². The molecule has 2 heteroatoms. The van der Waals surface area contributed by atoms with E-state index in [4.69, 9.17) is 0 Å². The Labute approximate surface area is 104 Å². The second-order valence-corrected chi connectivity index (χ2v) is 4.94. The van der Waals surface area contributed by atoms with E-state index in [2.05, 4.69) is 36.1 Å². The monoisotopic (exact) mass is 233 g/mol. The van der Waals surface area contributed by atoms with Crippen LogP contribution in [0.25, 0.3) is 0 Å². The molecule has 1 aromatic carbocycles. The Bertz CT molecular complexity index is 342. The maximum absolute atomic E-state index is 9.77. The number of rotatable bonds is 6. The Kier molecular flexibility index (Phi) is 4.06. The van der Waals surface area contributed by atoms with E-state index in [1.807, 2.05) is 6.92 Å². The molecule has 2 rings (SSSR count). The van der Waals surface area contributed by atoms with E-state index >= 15 is 0 Å². The molecule has 1 aliphatic rings. The van der Waals surface area contributed by atoms with E-state index in [9.17, 15) is 5.11 Å². The lowest BCUT2D eigenvalue weighted by molar-refractivity contribution is 0.173. The first-order valence-electron chi connectivity index (χ1n) is 6.81. The van der Waals surface area contributed by atoms with E-state index < -0.39 is 0 Å². The molecule has 1 aliphatic carbocycles. The predicted molar refractivity (Wildman–Crippen MR) is 72.4 cm³/mol. The lowest BCUT2D eigenvalue weighted by atomic mass is 10.1. The zero-order valence-corrected chi connectivity index (χ0v) is 10.9. The molecule has 0 amide bonds. The van der Waals surface area contributed by atoms with Gasteiger partial charge in [-0.25, -0.2) is 0 Å². The highest BCUT2D eigenvalue weighted by Crippen LogP contribution is 2.32. The molecule has 94 valence electrons. The maximum atomic E-state index is 9.77. The van der Waals surface area contributed by atoms with Crippen molar-refractivity contribution in [1.29, 1.82) is 0 Å². The third kappa shape index (κ3) is 3.01. The zero-order valence-electron chi connectivity index (χ0n) is 10.9. The smallest absolute Gasteiger partial charge is 0.0787 e. The molecule has 0 aromatic heterocycles. The number of benzene rings is 1. The summed E-state index contributed by atoms with van der Waals surface area (Å²) in [7, 11) is 0. The van der Waals surface area contributed by atoms with Gasteiger partial charge in [0.2, 0.25) is 0 Å². The SMILES string of the molecule is CCCN(c1ccc([C@@H](O)CC)cc1)C1CC1. The Morgan fingerprint density at radius 2 is 1.88 bits per heavy atom. The first-order chi connectivity index (χ1) is 8.26. The van der Waals surface area contributed by atoms with Crippen molar-refractivity contribution < 1.29 is 5.11 Å². The number of nitrogens with zero attached hydrogens (tertiary/aromatic N) is 1. The van der Waals surface area contributed by atoms with E-state index in [1.54, 1.807) is 0 Å². The third-order valence-corrected chi connectivity index (χ3v) is 3.45. The highest BCUT2D eigenvalue weighted by atomic mass is 16.3. The molecule has 1 atom stereocenters. The van der Waals surface area contributed by atoms with Gasteiger partial charge in [-0.15, -0.1) is 0 Å².